The minimum atomic E-state index is -4.65. The van der Waals surface area contributed by atoms with Crippen LogP contribution in [0.5, 0.6) is 0 Å². The molecule has 0 aromatic carbocycles. The Morgan fingerprint density at radius 2 is 1.94 bits per heavy atom. The molecule has 1 rings (SSSR count). The van der Waals surface area contributed by atoms with Gasteiger partial charge in [-0.2, -0.15) is 13.2 Å². The zero-order valence-electron chi connectivity index (χ0n) is 9.12. The van der Waals surface area contributed by atoms with E-state index in [-0.39, 0.29) is 0 Å². The Balaban J connectivity index is 3.17. The molecule has 1 heterocycles. The highest BCUT2D eigenvalue weighted by molar-refractivity contribution is 7.93. The first-order valence-corrected chi connectivity index (χ1v) is 6.22. The van der Waals surface area contributed by atoms with E-state index in [9.17, 15) is 21.6 Å². The molecule has 0 fully saturated rings. The van der Waals surface area contributed by atoms with E-state index in [1.54, 1.807) is 0 Å². The third-order valence-electron chi connectivity index (χ3n) is 2.00. The number of hydrogen-bond donors (Lipinski definition) is 1. The monoisotopic (exact) mass is 268 g/mol. The van der Waals surface area contributed by atoms with Gasteiger partial charge < -0.3 is 0 Å². The first-order valence-electron chi connectivity index (χ1n) is 4.67. The van der Waals surface area contributed by atoms with Gasteiger partial charge in [-0.25, -0.2) is 8.42 Å². The van der Waals surface area contributed by atoms with E-state index in [0.29, 0.717) is 6.20 Å². The van der Waals surface area contributed by atoms with E-state index in [2.05, 4.69) is 4.98 Å². The molecule has 4 nitrogen and oxygen atoms in total. The highest BCUT2D eigenvalue weighted by Gasteiger charge is 2.35. The second kappa shape index (κ2) is 4.52. The molecule has 0 saturated heterocycles. The molecule has 0 bridgehead atoms. The number of nitrogens with one attached hydrogen (secondary N) is 1. The van der Waals surface area contributed by atoms with Crippen LogP contribution < -0.4 is 4.72 Å². The van der Waals surface area contributed by atoms with Gasteiger partial charge in [-0.05, 0) is 19.9 Å². The van der Waals surface area contributed by atoms with Crippen molar-refractivity contribution < 1.29 is 21.6 Å². The highest BCUT2D eigenvalue weighted by Crippen LogP contribution is 2.34. The molecule has 0 saturated carbocycles. The Bertz CT molecular complexity index is 497. The van der Waals surface area contributed by atoms with E-state index >= 15 is 0 Å². The van der Waals surface area contributed by atoms with Crippen LogP contribution in [0.2, 0.25) is 0 Å². The van der Waals surface area contributed by atoms with Gasteiger partial charge in [0.1, 0.15) is 0 Å². The molecule has 1 aromatic heterocycles. The number of halogens is 3. The fourth-order valence-corrected chi connectivity index (χ4v) is 1.70. The topological polar surface area (TPSA) is 59.1 Å². The normalized spacial score (nSPS) is 12.8. The van der Waals surface area contributed by atoms with Crippen molar-refractivity contribution in [3.8, 4) is 0 Å². The van der Waals surface area contributed by atoms with E-state index in [0.717, 1.165) is 12.3 Å². The lowest BCUT2D eigenvalue weighted by molar-refractivity contribution is -0.137. The van der Waals surface area contributed by atoms with Gasteiger partial charge in [0.05, 0.1) is 16.5 Å². The number of pyridine rings is 1. The molecule has 0 aliphatic carbocycles. The number of nitrogens with zero attached hydrogens (tertiary/aromatic N) is 1. The van der Waals surface area contributed by atoms with Gasteiger partial charge in [0.25, 0.3) is 0 Å². The zero-order valence-corrected chi connectivity index (χ0v) is 9.93. The van der Waals surface area contributed by atoms with Gasteiger partial charge in [-0.3, -0.25) is 9.71 Å². The Hall–Kier alpha value is -1.31. The largest absolute Gasteiger partial charge is 0.419 e. The average molecular weight is 268 g/mol. The smallest absolute Gasteiger partial charge is 0.283 e. The first kappa shape index (κ1) is 13.8. The molecule has 17 heavy (non-hydrogen) atoms. The lowest BCUT2D eigenvalue weighted by atomic mass is 10.2. The SMILES string of the molecule is CC(C)S(=O)(=O)Nc1ccncc1C(F)(F)F. The molecule has 0 atom stereocenters. The summed E-state index contributed by atoms with van der Waals surface area (Å²) in [4.78, 5) is 3.33. The molecule has 0 unspecified atom stereocenters. The molecule has 0 aliphatic heterocycles. The van der Waals surface area contributed by atoms with Gasteiger partial charge in [0.15, 0.2) is 0 Å². The minimum Gasteiger partial charge on any atom is -0.283 e. The van der Waals surface area contributed by atoms with Crippen LogP contribution in [-0.2, 0) is 16.2 Å². The average Bonchev–Trinajstić information content (AvgIpc) is 2.15. The third kappa shape index (κ3) is 3.32. The molecule has 1 aromatic rings. The fourth-order valence-electron chi connectivity index (χ4n) is 0.980. The molecule has 1 N–H and O–H groups in total. The van der Waals surface area contributed by atoms with Crippen molar-refractivity contribution in [3.05, 3.63) is 24.0 Å². The quantitative estimate of drug-likeness (QED) is 0.914. The molecule has 0 radical (unpaired) electrons. The summed E-state index contributed by atoms with van der Waals surface area (Å²) >= 11 is 0. The molecule has 8 heteroatoms. The van der Waals surface area contributed by atoms with E-state index in [1.165, 1.54) is 13.8 Å². The summed E-state index contributed by atoms with van der Waals surface area (Å²) in [6.07, 6.45) is -2.98. The number of rotatable bonds is 3. The van der Waals surface area contributed by atoms with Crippen molar-refractivity contribution >= 4 is 15.7 Å². The van der Waals surface area contributed by atoms with Crippen molar-refractivity contribution in [2.75, 3.05) is 4.72 Å². The fraction of sp³-hybridized carbons (Fsp3) is 0.444. The van der Waals surface area contributed by atoms with Gasteiger partial charge in [0.2, 0.25) is 10.0 Å². The highest BCUT2D eigenvalue weighted by atomic mass is 32.2. The van der Waals surface area contributed by atoms with Gasteiger partial charge in [-0.15, -0.1) is 0 Å². The van der Waals surface area contributed by atoms with Crippen LogP contribution in [0.15, 0.2) is 18.5 Å². The maximum atomic E-state index is 12.5. The van der Waals surface area contributed by atoms with Gasteiger partial charge >= 0.3 is 6.18 Å². The van der Waals surface area contributed by atoms with Crippen LogP contribution in [0.3, 0.4) is 0 Å². The first-order chi connectivity index (χ1) is 7.64. The van der Waals surface area contributed by atoms with Crippen LogP contribution in [0, 0.1) is 0 Å². The summed E-state index contributed by atoms with van der Waals surface area (Å²) in [5.41, 5.74) is -1.62. The van der Waals surface area contributed by atoms with E-state index < -0.39 is 32.7 Å². The van der Waals surface area contributed by atoms with Crippen molar-refractivity contribution in [1.82, 2.24) is 4.98 Å². The van der Waals surface area contributed by atoms with Crippen molar-refractivity contribution in [3.63, 3.8) is 0 Å². The Kier molecular flexibility index (Phi) is 3.65. The molecule has 0 amide bonds. The number of sulfonamides is 1. The minimum absolute atomic E-state index is 0.513. The third-order valence-corrected chi connectivity index (χ3v) is 3.74. The summed E-state index contributed by atoms with van der Waals surface area (Å²) < 4.78 is 62.5. The van der Waals surface area contributed by atoms with Crippen LogP contribution in [0.4, 0.5) is 18.9 Å². The second-order valence-electron chi connectivity index (χ2n) is 3.61. The van der Waals surface area contributed by atoms with Crippen LogP contribution >= 0.6 is 0 Å². The molecular weight excluding hydrogens is 257 g/mol. The van der Waals surface area contributed by atoms with Gasteiger partial charge in [0, 0.05) is 12.4 Å². The lowest BCUT2D eigenvalue weighted by Crippen LogP contribution is -2.24. The molecule has 96 valence electrons. The van der Waals surface area contributed by atoms with E-state index in [4.69, 9.17) is 0 Å². The van der Waals surface area contributed by atoms with Crippen LogP contribution in [0.1, 0.15) is 19.4 Å². The van der Waals surface area contributed by atoms with Crippen molar-refractivity contribution in [2.24, 2.45) is 0 Å². The predicted molar refractivity (Wildman–Crippen MR) is 56.9 cm³/mol. The summed E-state index contributed by atoms with van der Waals surface area (Å²) in [6.45, 7) is 2.74. The lowest BCUT2D eigenvalue weighted by Gasteiger charge is -2.15. The maximum absolute atomic E-state index is 12.5. The zero-order chi connectivity index (χ0) is 13.3. The number of anilines is 1. The number of aromatic nitrogens is 1. The standard InChI is InChI=1S/C9H11F3N2O2S/c1-6(2)17(15,16)14-8-3-4-13-5-7(8)9(10,11)12/h3-6H,1-2H3,(H,13,14). The Morgan fingerprint density at radius 3 is 2.41 bits per heavy atom. The van der Waals surface area contributed by atoms with E-state index in [1.807, 2.05) is 4.72 Å². The summed E-state index contributed by atoms with van der Waals surface area (Å²) in [5, 5.41) is -0.822. The van der Waals surface area contributed by atoms with Gasteiger partial charge in [-0.1, -0.05) is 0 Å². The van der Waals surface area contributed by atoms with Crippen molar-refractivity contribution in [2.45, 2.75) is 25.3 Å². The maximum Gasteiger partial charge on any atom is 0.419 e. The molecule has 0 aliphatic rings. The number of alkyl halides is 3. The summed E-state index contributed by atoms with van der Waals surface area (Å²) in [5.74, 6) is 0. The molecular formula is C9H11F3N2O2S. The summed E-state index contributed by atoms with van der Waals surface area (Å²) in [6, 6.07) is 0.975. The van der Waals surface area contributed by atoms with Crippen LogP contribution in [-0.4, -0.2) is 18.7 Å². The Morgan fingerprint density at radius 1 is 1.35 bits per heavy atom. The molecule has 0 spiro atoms. The second-order valence-corrected chi connectivity index (χ2v) is 5.85. The predicted octanol–water partition coefficient (Wildman–Crippen LogP) is 2.25. The van der Waals surface area contributed by atoms with Crippen molar-refractivity contribution in [1.29, 1.82) is 0 Å². The summed E-state index contributed by atoms with van der Waals surface area (Å²) in [7, 11) is -3.81. The number of hydrogen-bond acceptors (Lipinski definition) is 3. The Labute approximate surface area is 96.9 Å². The van der Waals surface area contributed by atoms with Crippen LogP contribution in [0.25, 0.3) is 0 Å².